The van der Waals surface area contributed by atoms with Gasteiger partial charge < -0.3 is 0 Å². The van der Waals surface area contributed by atoms with Gasteiger partial charge in [0.25, 0.3) is 0 Å². The van der Waals surface area contributed by atoms with E-state index in [1.807, 2.05) is 6.92 Å². The Morgan fingerprint density at radius 1 is 1.45 bits per heavy atom. The quantitative estimate of drug-likeness (QED) is 0.519. The zero-order chi connectivity index (χ0) is 8.22. The van der Waals surface area contributed by atoms with Gasteiger partial charge in [0.05, 0.1) is 0 Å². The molecule has 0 saturated heterocycles. The van der Waals surface area contributed by atoms with Crippen LogP contribution in [-0.4, -0.2) is 5.78 Å². The highest BCUT2D eigenvalue weighted by atomic mass is 16.1. The molecule has 2 bridgehead atoms. The topological polar surface area (TPSA) is 17.1 Å². The van der Waals surface area contributed by atoms with E-state index in [0.29, 0.717) is 17.1 Å². The number of rotatable bonds is 0. The fraction of sp³-hybridized carbons (Fsp3) is 0.800. The predicted octanol–water partition coefficient (Wildman–Crippen LogP) is 2.22. The number of fused-ring (bicyclic) bond motifs is 2. The summed E-state index contributed by atoms with van der Waals surface area (Å²) >= 11 is 0. The lowest BCUT2D eigenvalue weighted by atomic mass is 9.46. The largest absolute Gasteiger partial charge is 0.299 e. The Morgan fingerprint density at radius 3 is 2.45 bits per heavy atom. The molecule has 0 aromatic heterocycles. The molecule has 0 aromatic carbocycles. The molecule has 3 aliphatic rings. The second kappa shape index (κ2) is 1.88. The van der Waals surface area contributed by atoms with Crippen molar-refractivity contribution in [2.75, 3.05) is 0 Å². The molecule has 3 fully saturated rings. The Bertz CT molecular complexity index is 205. The predicted molar refractivity (Wildman–Crippen MR) is 43.9 cm³/mol. The van der Waals surface area contributed by atoms with Gasteiger partial charge in [-0.2, -0.15) is 0 Å². The third kappa shape index (κ3) is 0.743. The first-order chi connectivity index (χ1) is 5.03. The Morgan fingerprint density at radius 2 is 2.09 bits per heavy atom. The molecule has 0 aliphatic heterocycles. The first kappa shape index (κ1) is 7.33. The second-order valence-corrected chi connectivity index (χ2v) is 4.66. The van der Waals surface area contributed by atoms with Crippen LogP contribution < -0.4 is 0 Å². The molecule has 3 rings (SSSR count). The molecular weight excluding hydrogens is 136 g/mol. The fourth-order valence-electron chi connectivity index (χ4n) is 2.57. The molecule has 0 N–H and O–H groups in total. The standard InChI is InChI=1S/C10H15O/c1-6-4-7-5-8(9(6)11)10(7,2)3/h7-8H,4-5H2,1-3H3. The highest BCUT2D eigenvalue weighted by Gasteiger charge is 2.56. The number of ketones is 1. The fourth-order valence-corrected chi connectivity index (χ4v) is 2.57. The molecule has 1 heteroatoms. The van der Waals surface area contributed by atoms with Gasteiger partial charge in [0.1, 0.15) is 5.78 Å². The summed E-state index contributed by atoms with van der Waals surface area (Å²) in [5, 5.41) is 0. The molecule has 0 spiro atoms. The molecule has 2 unspecified atom stereocenters. The van der Waals surface area contributed by atoms with Gasteiger partial charge in [0.2, 0.25) is 0 Å². The molecule has 1 nitrogen and oxygen atoms in total. The van der Waals surface area contributed by atoms with Gasteiger partial charge in [0.15, 0.2) is 0 Å². The van der Waals surface area contributed by atoms with Crippen LogP contribution in [0, 0.1) is 23.2 Å². The lowest BCUT2D eigenvalue weighted by molar-refractivity contribution is -0.144. The summed E-state index contributed by atoms with van der Waals surface area (Å²) in [4.78, 5) is 11.5. The summed E-state index contributed by atoms with van der Waals surface area (Å²) in [6.45, 7) is 6.46. The average Bonchev–Trinajstić information content (AvgIpc) is 1.93. The summed E-state index contributed by atoms with van der Waals surface area (Å²) in [6.07, 6.45) is 2.21. The van der Waals surface area contributed by atoms with E-state index in [1.165, 1.54) is 0 Å². The zero-order valence-electron chi connectivity index (χ0n) is 7.48. The van der Waals surface area contributed by atoms with Crippen LogP contribution in [0.15, 0.2) is 0 Å². The number of carbonyl (C=O) groups is 1. The van der Waals surface area contributed by atoms with E-state index in [0.717, 1.165) is 24.7 Å². The van der Waals surface area contributed by atoms with Crippen LogP contribution in [0.3, 0.4) is 0 Å². The van der Waals surface area contributed by atoms with E-state index < -0.39 is 0 Å². The van der Waals surface area contributed by atoms with Crippen molar-refractivity contribution < 1.29 is 4.79 Å². The molecular formula is C10H15O. The Hall–Kier alpha value is -0.330. The van der Waals surface area contributed by atoms with Crippen molar-refractivity contribution in [3.05, 3.63) is 5.92 Å². The summed E-state index contributed by atoms with van der Waals surface area (Å²) in [6, 6.07) is 0. The van der Waals surface area contributed by atoms with E-state index in [-0.39, 0.29) is 0 Å². The maximum absolute atomic E-state index is 11.5. The molecule has 3 aliphatic carbocycles. The van der Waals surface area contributed by atoms with Gasteiger partial charge in [-0.15, -0.1) is 0 Å². The minimum absolute atomic E-state index is 0.316. The molecule has 0 amide bonds. The maximum Gasteiger partial charge on any atom is 0.143 e. The summed E-state index contributed by atoms with van der Waals surface area (Å²) in [5.41, 5.74) is 0.316. The third-order valence-corrected chi connectivity index (χ3v) is 3.76. The molecule has 0 aromatic rings. The first-order valence-electron chi connectivity index (χ1n) is 4.40. The number of carbonyl (C=O) groups excluding carboxylic acids is 1. The minimum Gasteiger partial charge on any atom is -0.299 e. The average molecular weight is 151 g/mol. The van der Waals surface area contributed by atoms with Crippen molar-refractivity contribution >= 4 is 5.78 Å². The lowest BCUT2D eigenvalue weighted by Crippen LogP contribution is -2.55. The van der Waals surface area contributed by atoms with Crippen molar-refractivity contribution in [3.63, 3.8) is 0 Å². The van der Waals surface area contributed by atoms with Crippen LogP contribution in [-0.2, 0) is 4.79 Å². The summed E-state index contributed by atoms with van der Waals surface area (Å²) in [5.74, 6) is 2.72. The lowest BCUT2D eigenvalue weighted by Gasteiger charge is -2.56. The van der Waals surface area contributed by atoms with E-state index in [9.17, 15) is 4.79 Å². The van der Waals surface area contributed by atoms with Crippen LogP contribution in [0.4, 0.5) is 0 Å². The number of hydrogen-bond acceptors (Lipinski definition) is 1. The Balaban J connectivity index is 2.23. The summed E-state index contributed by atoms with van der Waals surface area (Å²) < 4.78 is 0. The van der Waals surface area contributed by atoms with Gasteiger partial charge in [-0.1, -0.05) is 20.8 Å². The summed E-state index contributed by atoms with van der Waals surface area (Å²) in [7, 11) is 0. The first-order valence-corrected chi connectivity index (χ1v) is 4.40. The molecule has 1 radical (unpaired) electrons. The van der Waals surface area contributed by atoms with Gasteiger partial charge in [-0.25, -0.2) is 0 Å². The van der Waals surface area contributed by atoms with E-state index in [4.69, 9.17) is 0 Å². The molecule has 0 heterocycles. The molecule has 11 heavy (non-hydrogen) atoms. The van der Waals surface area contributed by atoms with Crippen molar-refractivity contribution in [3.8, 4) is 0 Å². The maximum atomic E-state index is 11.5. The van der Waals surface area contributed by atoms with Crippen molar-refractivity contribution in [2.45, 2.75) is 33.6 Å². The molecule has 2 atom stereocenters. The van der Waals surface area contributed by atoms with E-state index >= 15 is 0 Å². The normalized spacial score (nSPS) is 41.9. The van der Waals surface area contributed by atoms with Crippen LogP contribution in [0.2, 0.25) is 0 Å². The minimum atomic E-state index is 0.316. The second-order valence-electron chi connectivity index (χ2n) is 4.66. The third-order valence-electron chi connectivity index (χ3n) is 3.76. The van der Waals surface area contributed by atoms with Gasteiger partial charge in [-0.05, 0) is 24.2 Å². The highest BCUT2D eigenvalue weighted by Crippen LogP contribution is 2.59. The number of Topliss-reactive ketones (excluding diaryl/α,β-unsaturated/α-hetero) is 1. The Kier molecular flexibility index (Phi) is 1.25. The van der Waals surface area contributed by atoms with Crippen LogP contribution in [0.25, 0.3) is 0 Å². The van der Waals surface area contributed by atoms with Crippen LogP contribution in [0.1, 0.15) is 33.6 Å². The van der Waals surface area contributed by atoms with Crippen molar-refractivity contribution in [1.82, 2.24) is 0 Å². The monoisotopic (exact) mass is 151 g/mol. The molecule has 3 saturated carbocycles. The van der Waals surface area contributed by atoms with Crippen LogP contribution >= 0.6 is 0 Å². The van der Waals surface area contributed by atoms with Crippen molar-refractivity contribution in [1.29, 1.82) is 0 Å². The molecule has 61 valence electrons. The zero-order valence-corrected chi connectivity index (χ0v) is 7.48. The van der Waals surface area contributed by atoms with Crippen molar-refractivity contribution in [2.24, 2.45) is 17.3 Å². The highest BCUT2D eigenvalue weighted by molar-refractivity contribution is 5.96. The number of hydrogen-bond donors (Lipinski definition) is 0. The van der Waals surface area contributed by atoms with E-state index in [2.05, 4.69) is 13.8 Å². The van der Waals surface area contributed by atoms with E-state index in [1.54, 1.807) is 0 Å². The van der Waals surface area contributed by atoms with Gasteiger partial charge >= 0.3 is 0 Å². The smallest absolute Gasteiger partial charge is 0.143 e. The van der Waals surface area contributed by atoms with Crippen LogP contribution in [0.5, 0.6) is 0 Å². The van der Waals surface area contributed by atoms with Gasteiger partial charge in [-0.3, -0.25) is 4.79 Å². The van der Waals surface area contributed by atoms with Gasteiger partial charge in [0, 0.05) is 11.8 Å². The Labute approximate surface area is 68.2 Å². The SMILES string of the molecule is C[C]1CC2CC(C1=O)C2(C)C.